The van der Waals surface area contributed by atoms with E-state index in [-0.39, 0.29) is 5.78 Å². The van der Waals surface area contributed by atoms with E-state index >= 15 is 0 Å². The van der Waals surface area contributed by atoms with E-state index in [1.54, 1.807) is 37.5 Å². The van der Waals surface area contributed by atoms with Crippen molar-refractivity contribution in [3.05, 3.63) is 70.7 Å². The van der Waals surface area contributed by atoms with E-state index < -0.39 is 0 Å². The molecular weight excluding hydrogens is 252 g/mol. The van der Waals surface area contributed by atoms with Gasteiger partial charge in [0.05, 0.1) is 7.11 Å². The summed E-state index contributed by atoms with van der Waals surface area (Å²) in [7, 11) is 1.61. The Balaban J connectivity index is 2.09. The highest BCUT2D eigenvalue weighted by Gasteiger charge is 2.06. The standard InChI is InChI=1S/C16H13N2O2/c1-20-15-9-2-12(3-10-15)4-11-16(19)13-5-7-14(18-17)8-6-13/h2-11H,1H3/q+1/b11-4+. The summed E-state index contributed by atoms with van der Waals surface area (Å²) in [6, 6.07) is 13.8. The van der Waals surface area contributed by atoms with E-state index in [1.807, 2.05) is 24.3 Å². The van der Waals surface area contributed by atoms with Crippen LogP contribution < -0.4 is 4.74 Å². The van der Waals surface area contributed by atoms with Gasteiger partial charge in [0.25, 0.3) is 0 Å². The number of benzene rings is 2. The third-order valence-electron chi connectivity index (χ3n) is 2.81. The maximum atomic E-state index is 11.9. The number of ether oxygens (including phenoxy) is 1. The molecule has 0 aliphatic heterocycles. The van der Waals surface area contributed by atoms with Crippen LogP contribution in [0.2, 0.25) is 0 Å². The Hall–Kier alpha value is -2.93. The van der Waals surface area contributed by atoms with Crippen molar-refractivity contribution in [3.63, 3.8) is 0 Å². The zero-order valence-electron chi connectivity index (χ0n) is 11.0. The van der Waals surface area contributed by atoms with E-state index in [9.17, 15) is 4.79 Å². The van der Waals surface area contributed by atoms with Crippen molar-refractivity contribution in [2.24, 2.45) is 0 Å². The Kier molecular flexibility index (Phi) is 4.25. The summed E-state index contributed by atoms with van der Waals surface area (Å²) in [5.74, 6) is 0.669. The first-order chi connectivity index (χ1) is 9.72. The molecule has 0 saturated heterocycles. The van der Waals surface area contributed by atoms with Gasteiger partial charge in [-0.15, -0.1) is 0 Å². The smallest absolute Gasteiger partial charge is 0.385 e. The van der Waals surface area contributed by atoms with Gasteiger partial charge >= 0.3 is 5.69 Å². The second-order valence-electron chi connectivity index (χ2n) is 4.12. The molecule has 0 heterocycles. The molecule has 2 aromatic carbocycles. The summed E-state index contributed by atoms with van der Waals surface area (Å²) in [4.78, 5) is 15.0. The maximum absolute atomic E-state index is 11.9. The van der Waals surface area contributed by atoms with E-state index in [4.69, 9.17) is 10.1 Å². The number of carbonyl (C=O) groups excluding carboxylic acids is 1. The highest BCUT2D eigenvalue weighted by atomic mass is 16.5. The molecule has 0 spiro atoms. The van der Waals surface area contributed by atoms with Crippen LogP contribution in [0.25, 0.3) is 11.1 Å². The van der Waals surface area contributed by atoms with Crippen LogP contribution in [0.3, 0.4) is 0 Å². The minimum absolute atomic E-state index is 0.106. The average Bonchev–Trinajstić information content (AvgIpc) is 2.53. The highest BCUT2D eigenvalue weighted by molar-refractivity contribution is 6.06. The van der Waals surface area contributed by atoms with E-state index in [0.29, 0.717) is 11.3 Å². The SMILES string of the molecule is COc1ccc(/C=C/C(=O)c2ccc([N+]#N)cc2)cc1. The monoisotopic (exact) mass is 265 g/mol. The fourth-order valence-corrected chi connectivity index (χ4v) is 1.68. The number of diazo groups is 1. The largest absolute Gasteiger partial charge is 0.497 e. The van der Waals surface area contributed by atoms with Crippen LogP contribution in [-0.4, -0.2) is 12.9 Å². The summed E-state index contributed by atoms with van der Waals surface area (Å²) in [6.07, 6.45) is 3.25. The summed E-state index contributed by atoms with van der Waals surface area (Å²) in [6.45, 7) is 0. The Morgan fingerprint density at radius 1 is 1.10 bits per heavy atom. The molecule has 2 aromatic rings. The van der Waals surface area contributed by atoms with Gasteiger partial charge in [-0.2, -0.15) is 0 Å². The lowest BCUT2D eigenvalue weighted by Gasteiger charge is -1.99. The molecule has 0 N–H and O–H groups in total. The molecule has 0 saturated carbocycles. The van der Waals surface area contributed by atoms with E-state index in [2.05, 4.69) is 4.98 Å². The fraction of sp³-hybridized carbons (Fsp3) is 0.0625. The molecular formula is C16H13N2O2+. The summed E-state index contributed by atoms with van der Waals surface area (Å²) in [5, 5.41) is 8.58. The van der Waals surface area contributed by atoms with Crippen LogP contribution in [0.1, 0.15) is 15.9 Å². The molecule has 4 nitrogen and oxygen atoms in total. The molecule has 98 valence electrons. The Morgan fingerprint density at radius 2 is 1.75 bits per heavy atom. The van der Waals surface area contributed by atoms with Crippen LogP contribution in [0, 0.1) is 5.39 Å². The highest BCUT2D eigenvalue weighted by Crippen LogP contribution is 2.15. The van der Waals surface area contributed by atoms with Crippen LogP contribution in [0.5, 0.6) is 5.75 Å². The molecule has 0 aliphatic carbocycles. The molecule has 0 unspecified atom stereocenters. The third-order valence-corrected chi connectivity index (χ3v) is 2.81. The number of ketones is 1. The van der Waals surface area contributed by atoms with Crippen molar-refractivity contribution >= 4 is 17.5 Å². The lowest BCUT2D eigenvalue weighted by atomic mass is 10.1. The number of hydrogen-bond acceptors (Lipinski definition) is 3. The molecule has 0 aromatic heterocycles. The van der Waals surface area contributed by atoms with Crippen molar-refractivity contribution in [1.29, 1.82) is 5.39 Å². The van der Waals surface area contributed by atoms with Gasteiger partial charge < -0.3 is 4.74 Å². The second kappa shape index (κ2) is 6.30. The van der Waals surface area contributed by atoms with Crippen LogP contribution in [0.15, 0.2) is 54.6 Å². The van der Waals surface area contributed by atoms with Crippen molar-refractivity contribution in [1.82, 2.24) is 0 Å². The van der Waals surface area contributed by atoms with Gasteiger partial charge in [0.1, 0.15) is 5.75 Å². The summed E-state index contributed by atoms with van der Waals surface area (Å²) < 4.78 is 5.07. The molecule has 0 aliphatic rings. The van der Waals surface area contributed by atoms with E-state index in [1.165, 1.54) is 6.08 Å². The number of rotatable bonds is 4. The quantitative estimate of drug-likeness (QED) is 0.475. The predicted octanol–water partition coefficient (Wildman–Crippen LogP) is 4.08. The molecule has 2 rings (SSSR count). The van der Waals surface area contributed by atoms with Crippen LogP contribution >= 0.6 is 0 Å². The number of nitrogens with zero attached hydrogens (tertiary/aromatic N) is 2. The van der Waals surface area contributed by atoms with Crippen molar-refractivity contribution in [3.8, 4) is 5.75 Å². The number of carbonyl (C=O) groups is 1. The molecule has 0 atom stereocenters. The summed E-state index contributed by atoms with van der Waals surface area (Å²) in [5.41, 5.74) is 1.88. The van der Waals surface area contributed by atoms with Gasteiger partial charge in [-0.25, -0.2) is 0 Å². The van der Waals surface area contributed by atoms with Crippen LogP contribution in [0.4, 0.5) is 5.69 Å². The lowest BCUT2D eigenvalue weighted by molar-refractivity contribution is 0.104. The number of hydrogen-bond donors (Lipinski definition) is 0. The molecule has 20 heavy (non-hydrogen) atoms. The molecule has 0 bridgehead atoms. The fourth-order valence-electron chi connectivity index (χ4n) is 1.68. The molecule has 0 fully saturated rings. The zero-order valence-corrected chi connectivity index (χ0v) is 11.0. The van der Waals surface area contributed by atoms with Gasteiger partial charge in [-0.3, -0.25) is 4.79 Å². The molecule has 0 amide bonds. The van der Waals surface area contributed by atoms with Gasteiger partial charge in [0.2, 0.25) is 5.39 Å². The van der Waals surface area contributed by atoms with Crippen molar-refractivity contribution in [2.75, 3.05) is 7.11 Å². The molecule has 4 heteroatoms. The maximum Gasteiger partial charge on any atom is 0.385 e. The van der Waals surface area contributed by atoms with Crippen molar-refractivity contribution < 1.29 is 9.53 Å². The van der Waals surface area contributed by atoms with Gasteiger partial charge in [-0.1, -0.05) is 18.2 Å². The normalized spacial score (nSPS) is 10.2. The summed E-state index contributed by atoms with van der Waals surface area (Å²) >= 11 is 0. The first-order valence-corrected chi connectivity index (χ1v) is 6.04. The van der Waals surface area contributed by atoms with Gasteiger partial charge in [0.15, 0.2) is 10.8 Å². The predicted molar refractivity (Wildman–Crippen MR) is 77.5 cm³/mol. The Labute approximate surface area is 116 Å². The van der Waals surface area contributed by atoms with Crippen LogP contribution in [-0.2, 0) is 0 Å². The Morgan fingerprint density at radius 3 is 2.30 bits per heavy atom. The van der Waals surface area contributed by atoms with Gasteiger partial charge in [0, 0.05) is 17.7 Å². The topological polar surface area (TPSA) is 54.5 Å². The van der Waals surface area contributed by atoms with E-state index in [0.717, 1.165) is 11.3 Å². The molecule has 0 radical (unpaired) electrons. The first-order valence-electron chi connectivity index (χ1n) is 6.04. The second-order valence-corrected chi connectivity index (χ2v) is 4.12. The minimum atomic E-state index is -0.106. The zero-order chi connectivity index (χ0) is 14.4. The first kappa shape index (κ1) is 13.5. The number of methoxy groups -OCH3 is 1. The van der Waals surface area contributed by atoms with Crippen molar-refractivity contribution in [2.45, 2.75) is 0 Å². The van der Waals surface area contributed by atoms with Gasteiger partial charge in [-0.05, 0) is 35.9 Å². The average molecular weight is 265 g/mol. The number of allylic oxidation sites excluding steroid dienone is 1. The lowest BCUT2D eigenvalue weighted by Crippen LogP contribution is -1.92. The Bertz CT molecular complexity index is 665. The minimum Gasteiger partial charge on any atom is -0.497 e. The third kappa shape index (κ3) is 3.30.